The largest absolute Gasteiger partial charge is 0.354 e. The molecule has 4 heterocycles. The zero-order valence-corrected chi connectivity index (χ0v) is 14.3. The van der Waals surface area contributed by atoms with Crippen molar-refractivity contribution in [2.75, 3.05) is 0 Å². The molecule has 4 rings (SSSR count). The molecule has 0 bridgehead atoms. The van der Waals surface area contributed by atoms with Gasteiger partial charge in [-0.2, -0.15) is 5.10 Å². The quantitative estimate of drug-likeness (QED) is 0.553. The second kappa shape index (κ2) is 6.78. The first-order chi connectivity index (χ1) is 11.6. The van der Waals surface area contributed by atoms with E-state index in [-0.39, 0.29) is 0 Å². The third kappa shape index (κ3) is 3.13. The van der Waals surface area contributed by atoms with Crippen LogP contribution in [0.4, 0.5) is 0 Å². The van der Waals surface area contributed by atoms with Crippen molar-refractivity contribution in [3.63, 3.8) is 0 Å². The molecule has 0 aliphatic rings. The van der Waals surface area contributed by atoms with Crippen molar-refractivity contribution < 1.29 is 4.52 Å². The number of nitrogens with zero attached hydrogens (tertiary/aromatic N) is 5. The summed E-state index contributed by atoms with van der Waals surface area (Å²) in [5.74, 6) is 1.80. The Morgan fingerprint density at radius 2 is 1.75 bits per heavy atom. The normalized spacial score (nSPS) is 11.2. The monoisotopic (exact) mass is 323 g/mol. The van der Waals surface area contributed by atoms with E-state index in [1.165, 1.54) is 0 Å². The van der Waals surface area contributed by atoms with Crippen LogP contribution in [0.25, 0.3) is 16.6 Å². The molecule has 0 aromatic carbocycles. The molecule has 0 N–H and O–H groups in total. The molecule has 4 aromatic heterocycles. The smallest absolute Gasteiger partial charge is 0.185 e. The highest BCUT2D eigenvalue weighted by atomic mass is 16.5. The molecule has 0 unspecified atom stereocenters. The van der Waals surface area contributed by atoms with Crippen molar-refractivity contribution in [2.24, 2.45) is 0 Å². The van der Waals surface area contributed by atoms with E-state index in [0.29, 0.717) is 11.8 Å². The second-order valence-corrected chi connectivity index (χ2v) is 6.20. The van der Waals surface area contributed by atoms with Crippen molar-refractivity contribution in [3.8, 4) is 0 Å². The van der Waals surface area contributed by atoms with Gasteiger partial charge in [0, 0.05) is 24.2 Å². The Kier molecular flexibility index (Phi) is 4.55. The van der Waals surface area contributed by atoms with Crippen LogP contribution >= 0.6 is 0 Å². The highest BCUT2D eigenvalue weighted by molar-refractivity contribution is 5.74. The third-order valence-corrected chi connectivity index (χ3v) is 3.64. The fourth-order valence-corrected chi connectivity index (χ4v) is 2.43. The van der Waals surface area contributed by atoms with Crippen LogP contribution in [0.1, 0.15) is 51.0 Å². The van der Waals surface area contributed by atoms with Gasteiger partial charge >= 0.3 is 0 Å². The Bertz CT molecular complexity index is 861. The Morgan fingerprint density at radius 1 is 0.958 bits per heavy atom. The lowest BCUT2D eigenvalue weighted by Crippen LogP contribution is -1.99. The summed E-state index contributed by atoms with van der Waals surface area (Å²) in [5.41, 5.74) is 3.64. The maximum Gasteiger partial charge on any atom is 0.185 e. The Morgan fingerprint density at radius 3 is 2.50 bits per heavy atom. The number of imidazole rings is 1. The summed E-state index contributed by atoms with van der Waals surface area (Å²) < 4.78 is 6.98. The minimum Gasteiger partial charge on any atom is -0.354 e. The molecule has 0 aliphatic carbocycles. The fourth-order valence-electron chi connectivity index (χ4n) is 2.43. The highest BCUT2D eigenvalue weighted by Gasteiger charge is 2.11. The summed E-state index contributed by atoms with van der Waals surface area (Å²) in [6.07, 6.45) is 5.38. The van der Waals surface area contributed by atoms with Gasteiger partial charge in [-0.25, -0.2) is 9.50 Å². The number of fused-ring (bicyclic) bond motifs is 2. The minimum atomic E-state index is 0.362. The number of hydrogen-bond donors (Lipinski definition) is 0. The predicted octanol–water partition coefficient (Wildman–Crippen LogP) is 4.20. The standard InChI is InChI=1S/C9H11N3.C9H10N2O/c1-7(2)9-10-6-8-4-3-5-11-12(8)9;1-6(2)8-9-7(12-11-8)4-3-5-10-9/h3-7H,1-2H3;3-6H,1-2H3. The number of rotatable bonds is 2. The lowest BCUT2D eigenvalue weighted by molar-refractivity contribution is 0.441. The molecule has 0 atom stereocenters. The van der Waals surface area contributed by atoms with Gasteiger partial charge in [-0.05, 0) is 24.3 Å². The zero-order valence-electron chi connectivity index (χ0n) is 14.3. The van der Waals surface area contributed by atoms with Gasteiger partial charge in [0.05, 0.1) is 11.7 Å². The minimum absolute atomic E-state index is 0.362. The van der Waals surface area contributed by atoms with Crippen molar-refractivity contribution in [3.05, 3.63) is 54.4 Å². The van der Waals surface area contributed by atoms with E-state index < -0.39 is 0 Å². The molecule has 0 amide bonds. The van der Waals surface area contributed by atoms with Gasteiger partial charge in [-0.1, -0.05) is 32.9 Å². The zero-order chi connectivity index (χ0) is 17.1. The van der Waals surface area contributed by atoms with Gasteiger partial charge in [-0.15, -0.1) is 0 Å². The van der Waals surface area contributed by atoms with Crippen LogP contribution in [0.2, 0.25) is 0 Å². The number of hydrogen-bond acceptors (Lipinski definition) is 5. The molecule has 0 saturated heterocycles. The molecule has 0 saturated carbocycles. The fraction of sp³-hybridized carbons (Fsp3) is 0.333. The molecule has 6 heteroatoms. The van der Waals surface area contributed by atoms with Crippen LogP contribution in [-0.2, 0) is 0 Å². The van der Waals surface area contributed by atoms with Gasteiger partial charge in [0.25, 0.3) is 0 Å². The molecule has 4 aromatic rings. The van der Waals surface area contributed by atoms with Crippen molar-refractivity contribution in [1.82, 2.24) is 24.7 Å². The van der Waals surface area contributed by atoms with Gasteiger partial charge in [0.15, 0.2) is 5.58 Å². The summed E-state index contributed by atoms with van der Waals surface area (Å²) in [7, 11) is 0. The van der Waals surface area contributed by atoms with Crippen LogP contribution in [0.15, 0.2) is 47.4 Å². The molecule has 124 valence electrons. The first-order valence-corrected chi connectivity index (χ1v) is 8.07. The van der Waals surface area contributed by atoms with Crippen LogP contribution in [0.5, 0.6) is 0 Å². The van der Waals surface area contributed by atoms with Crippen LogP contribution in [-0.4, -0.2) is 24.7 Å². The molecule has 6 nitrogen and oxygen atoms in total. The average Bonchev–Trinajstić information content (AvgIpc) is 3.19. The summed E-state index contributed by atoms with van der Waals surface area (Å²) in [6, 6.07) is 7.64. The number of pyridine rings is 1. The molecule has 0 radical (unpaired) electrons. The summed E-state index contributed by atoms with van der Waals surface area (Å²) in [5, 5.41) is 8.17. The van der Waals surface area contributed by atoms with E-state index in [9.17, 15) is 0 Å². The van der Waals surface area contributed by atoms with E-state index in [4.69, 9.17) is 4.52 Å². The maximum atomic E-state index is 5.10. The highest BCUT2D eigenvalue weighted by Crippen LogP contribution is 2.21. The Hall–Kier alpha value is -2.76. The van der Waals surface area contributed by atoms with E-state index in [1.54, 1.807) is 12.4 Å². The van der Waals surface area contributed by atoms with Gasteiger partial charge in [0.2, 0.25) is 0 Å². The van der Waals surface area contributed by atoms with E-state index >= 15 is 0 Å². The van der Waals surface area contributed by atoms with Crippen molar-refractivity contribution in [2.45, 2.75) is 39.5 Å². The van der Waals surface area contributed by atoms with Crippen LogP contribution in [0.3, 0.4) is 0 Å². The third-order valence-electron chi connectivity index (χ3n) is 3.64. The maximum absolute atomic E-state index is 5.10. The van der Waals surface area contributed by atoms with Crippen molar-refractivity contribution in [1.29, 1.82) is 0 Å². The van der Waals surface area contributed by atoms with E-state index in [1.807, 2.05) is 35.0 Å². The second-order valence-electron chi connectivity index (χ2n) is 6.20. The molecule has 0 spiro atoms. The summed E-state index contributed by atoms with van der Waals surface area (Å²) in [6.45, 7) is 8.38. The first kappa shape index (κ1) is 16.1. The Labute approximate surface area is 140 Å². The van der Waals surface area contributed by atoms with Gasteiger partial charge < -0.3 is 4.52 Å². The average molecular weight is 323 g/mol. The van der Waals surface area contributed by atoms with Gasteiger partial charge in [0.1, 0.15) is 17.0 Å². The topological polar surface area (TPSA) is 69.1 Å². The number of aromatic nitrogens is 5. The Balaban J connectivity index is 0.000000141. The van der Waals surface area contributed by atoms with Crippen molar-refractivity contribution >= 4 is 16.6 Å². The predicted molar refractivity (Wildman–Crippen MR) is 93.0 cm³/mol. The lowest BCUT2D eigenvalue weighted by Gasteiger charge is -2.01. The molecule has 0 aliphatic heterocycles. The molecular weight excluding hydrogens is 302 g/mol. The van der Waals surface area contributed by atoms with E-state index in [0.717, 1.165) is 28.1 Å². The summed E-state index contributed by atoms with van der Waals surface area (Å²) in [4.78, 5) is 8.50. The lowest BCUT2D eigenvalue weighted by atomic mass is 10.1. The van der Waals surface area contributed by atoms with E-state index in [2.05, 4.69) is 47.9 Å². The first-order valence-electron chi connectivity index (χ1n) is 8.07. The summed E-state index contributed by atoms with van der Waals surface area (Å²) >= 11 is 0. The SMILES string of the molecule is CC(C)c1ncc2cccnn12.CC(C)c1noc2cccnc12. The van der Waals surface area contributed by atoms with Crippen LogP contribution in [0, 0.1) is 0 Å². The van der Waals surface area contributed by atoms with Gasteiger partial charge in [-0.3, -0.25) is 4.98 Å². The molecule has 24 heavy (non-hydrogen) atoms. The molecular formula is C18H21N5O. The van der Waals surface area contributed by atoms with Crippen LogP contribution < -0.4 is 0 Å². The molecule has 0 fully saturated rings.